The number of amides is 1. The molecule has 0 heterocycles. The van der Waals surface area contributed by atoms with Crippen LogP contribution in [0.5, 0.6) is 17.2 Å². The van der Waals surface area contributed by atoms with Crippen LogP contribution in [0.1, 0.15) is 0 Å². The maximum atomic E-state index is 13.3. The number of rotatable bonds is 3. The number of nitrogens with two attached hydrogens (primary N) is 1. The minimum atomic E-state index is -1.09. The molecule has 20 heavy (non-hydrogen) atoms. The topological polar surface area (TPSA) is 61.6 Å². The summed E-state index contributed by atoms with van der Waals surface area (Å²) in [5.74, 6) is -1.65. The summed E-state index contributed by atoms with van der Waals surface area (Å²) in [6, 6.07) is 7.05. The molecule has 2 N–H and O–H groups in total. The van der Waals surface area contributed by atoms with Gasteiger partial charge in [0.15, 0.2) is 11.5 Å². The first-order valence-corrected chi connectivity index (χ1v) is 5.74. The molecule has 2 rings (SSSR count). The van der Waals surface area contributed by atoms with Gasteiger partial charge < -0.3 is 15.2 Å². The van der Waals surface area contributed by atoms with Crippen LogP contribution in [0.2, 0.25) is 5.02 Å². The van der Waals surface area contributed by atoms with E-state index in [1.54, 1.807) is 0 Å². The molecule has 0 saturated carbocycles. The van der Waals surface area contributed by atoms with Gasteiger partial charge in [0, 0.05) is 6.07 Å². The van der Waals surface area contributed by atoms with Crippen molar-refractivity contribution in [3.8, 4) is 17.2 Å². The van der Waals surface area contributed by atoms with E-state index in [1.165, 1.54) is 12.1 Å². The fourth-order valence-electron chi connectivity index (χ4n) is 1.44. The normalized spacial score (nSPS) is 10.2. The first kappa shape index (κ1) is 14.1. The molecule has 0 aliphatic heterocycles. The molecule has 7 heteroatoms. The monoisotopic (exact) mass is 299 g/mol. The van der Waals surface area contributed by atoms with Gasteiger partial charge in [-0.15, -0.1) is 0 Å². The average molecular weight is 300 g/mol. The molecule has 0 aromatic heterocycles. The lowest BCUT2D eigenvalue weighted by Crippen LogP contribution is -2.16. The first-order valence-electron chi connectivity index (χ1n) is 5.36. The number of halogens is 3. The van der Waals surface area contributed by atoms with Gasteiger partial charge in [-0.1, -0.05) is 17.7 Å². The summed E-state index contributed by atoms with van der Waals surface area (Å²) in [5, 5.41) is -0.276. The highest BCUT2D eigenvalue weighted by atomic mass is 35.5. The van der Waals surface area contributed by atoms with Gasteiger partial charge in [-0.3, -0.25) is 0 Å². The fourth-order valence-corrected chi connectivity index (χ4v) is 1.60. The van der Waals surface area contributed by atoms with Crippen LogP contribution in [-0.2, 0) is 0 Å². The predicted octanol–water partition coefficient (Wildman–Crippen LogP) is 3.87. The molecule has 104 valence electrons. The molecule has 0 radical (unpaired) electrons. The number of primary amides is 1. The minimum Gasteiger partial charge on any atom is -0.452 e. The Bertz CT molecular complexity index is 664. The van der Waals surface area contributed by atoms with Crippen LogP contribution in [0.25, 0.3) is 0 Å². The predicted molar refractivity (Wildman–Crippen MR) is 68.1 cm³/mol. The van der Waals surface area contributed by atoms with Crippen molar-refractivity contribution < 1.29 is 23.0 Å². The maximum Gasteiger partial charge on any atom is 0.410 e. The van der Waals surface area contributed by atoms with Gasteiger partial charge in [0.2, 0.25) is 0 Å². The third kappa shape index (κ3) is 3.16. The van der Waals surface area contributed by atoms with E-state index < -0.39 is 17.7 Å². The van der Waals surface area contributed by atoms with Crippen molar-refractivity contribution in [3.05, 3.63) is 53.1 Å². The van der Waals surface area contributed by atoms with E-state index in [4.69, 9.17) is 22.1 Å². The SMILES string of the molecule is NC(=O)Oc1ccc(F)cc1Oc1cccc(F)c1Cl. The molecule has 0 unspecified atom stereocenters. The lowest BCUT2D eigenvalue weighted by atomic mass is 10.3. The zero-order valence-electron chi connectivity index (χ0n) is 9.90. The van der Waals surface area contributed by atoms with Crippen molar-refractivity contribution in [1.29, 1.82) is 0 Å². The van der Waals surface area contributed by atoms with Crippen LogP contribution < -0.4 is 15.2 Å². The summed E-state index contributed by atoms with van der Waals surface area (Å²) < 4.78 is 36.4. The van der Waals surface area contributed by atoms with Gasteiger partial charge in [0.25, 0.3) is 0 Å². The number of hydrogen-bond acceptors (Lipinski definition) is 3. The molecule has 0 atom stereocenters. The summed E-state index contributed by atoms with van der Waals surface area (Å²) in [5.41, 5.74) is 4.88. The Kier molecular flexibility index (Phi) is 4.05. The van der Waals surface area contributed by atoms with Crippen molar-refractivity contribution in [3.63, 3.8) is 0 Å². The Morgan fingerprint density at radius 2 is 1.85 bits per heavy atom. The molecule has 1 amide bonds. The molecular weight excluding hydrogens is 292 g/mol. The third-order valence-electron chi connectivity index (χ3n) is 2.25. The zero-order chi connectivity index (χ0) is 14.7. The summed E-state index contributed by atoms with van der Waals surface area (Å²) >= 11 is 5.71. The highest BCUT2D eigenvalue weighted by Gasteiger charge is 2.14. The van der Waals surface area contributed by atoms with Crippen molar-refractivity contribution in [1.82, 2.24) is 0 Å². The lowest BCUT2D eigenvalue weighted by molar-refractivity contribution is 0.209. The third-order valence-corrected chi connectivity index (χ3v) is 2.62. The average Bonchev–Trinajstić information content (AvgIpc) is 2.38. The van der Waals surface area contributed by atoms with Gasteiger partial charge >= 0.3 is 6.09 Å². The van der Waals surface area contributed by atoms with E-state index in [1.807, 2.05) is 0 Å². The van der Waals surface area contributed by atoms with Gasteiger partial charge in [-0.25, -0.2) is 13.6 Å². The van der Waals surface area contributed by atoms with Crippen LogP contribution >= 0.6 is 11.6 Å². The van der Waals surface area contributed by atoms with Crippen LogP contribution in [0.15, 0.2) is 36.4 Å². The molecule has 0 fully saturated rings. The van der Waals surface area contributed by atoms with E-state index in [0.717, 1.165) is 24.3 Å². The molecule has 4 nitrogen and oxygen atoms in total. The maximum absolute atomic E-state index is 13.3. The Balaban J connectivity index is 2.39. The summed E-state index contributed by atoms with van der Waals surface area (Å²) in [4.78, 5) is 10.7. The van der Waals surface area contributed by atoms with Gasteiger partial charge in [-0.2, -0.15) is 0 Å². The Labute approximate surface area is 117 Å². The summed E-state index contributed by atoms with van der Waals surface area (Å²) in [6.07, 6.45) is -1.09. The number of carbonyl (C=O) groups excluding carboxylic acids is 1. The van der Waals surface area contributed by atoms with E-state index in [9.17, 15) is 13.6 Å². The summed E-state index contributed by atoms with van der Waals surface area (Å²) in [7, 11) is 0. The Morgan fingerprint density at radius 3 is 2.55 bits per heavy atom. The molecule has 0 saturated heterocycles. The molecular formula is C13H8ClF2NO3. The second kappa shape index (κ2) is 5.75. The van der Waals surface area contributed by atoms with Gasteiger partial charge in [-0.05, 0) is 24.3 Å². The van der Waals surface area contributed by atoms with Crippen LogP contribution in [-0.4, -0.2) is 6.09 Å². The van der Waals surface area contributed by atoms with Crippen LogP contribution in [0.3, 0.4) is 0 Å². The number of benzene rings is 2. The minimum absolute atomic E-state index is 0.0495. The smallest absolute Gasteiger partial charge is 0.410 e. The molecule has 0 aliphatic carbocycles. The zero-order valence-corrected chi connectivity index (χ0v) is 10.7. The van der Waals surface area contributed by atoms with Crippen molar-refractivity contribution in [2.24, 2.45) is 5.73 Å². The standard InChI is InChI=1S/C13H8ClF2NO3/c14-12-8(16)2-1-3-10(12)19-11-6-7(15)4-5-9(11)20-13(17)18/h1-6H,(H2,17,18). The first-order chi connectivity index (χ1) is 9.47. The van der Waals surface area contributed by atoms with Crippen LogP contribution in [0, 0.1) is 11.6 Å². The highest BCUT2D eigenvalue weighted by molar-refractivity contribution is 6.32. The molecule has 0 spiro atoms. The Morgan fingerprint density at radius 1 is 1.10 bits per heavy atom. The number of carbonyl (C=O) groups is 1. The molecule has 2 aromatic rings. The van der Waals surface area contributed by atoms with Crippen molar-refractivity contribution in [2.75, 3.05) is 0 Å². The lowest BCUT2D eigenvalue weighted by Gasteiger charge is -2.11. The van der Waals surface area contributed by atoms with Crippen molar-refractivity contribution in [2.45, 2.75) is 0 Å². The highest BCUT2D eigenvalue weighted by Crippen LogP contribution is 2.36. The van der Waals surface area contributed by atoms with E-state index >= 15 is 0 Å². The van der Waals surface area contributed by atoms with E-state index in [0.29, 0.717) is 0 Å². The largest absolute Gasteiger partial charge is 0.452 e. The number of hydrogen-bond donors (Lipinski definition) is 1. The second-order valence-electron chi connectivity index (χ2n) is 3.67. The van der Waals surface area contributed by atoms with Crippen LogP contribution in [0.4, 0.5) is 13.6 Å². The molecule has 0 aliphatic rings. The van der Waals surface area contributed by atoms with E-state index in [-0.39, 0.29) is 22.3 Å². The van der Waals surface area contributed by atoms with Gasteiger partial charge in [0.1, 0.15) is 22.4 Å². The Hall–Kier alpha value is -2.34. The van der Waals surface area contributed by atoms with Crippen molar-refractivity contribution >= 4 is 17.7 Å². The fraction of sp³-hybridized carbons (Fsp3) is 0. The molecule has 2 aromatic carbocycles. The quantitative estimate of drug-likeness (QED) is 0.936. The van der Waals surface area contributed by atoms with E-state index in [2.05, 4.69) is 4.74 Å². The van der Waals surface area contributed by atoms with Gasteiger partial charge in [0.05, 0.1) is 0 Å². The second-order valence-corrected chi connectivity index (χ2v) is 4.04. The number of ether oxygens (including phenoxy) is 2. The summed E-state index contributed by atoms with van der Waals surface area (Å²) in [6.45, 7) is 0. The molecule has 0 bridgehead atoms.